The Bertz CT molecular complexity index is 881. The zero-order chi connectivity index (χ0) is 20.5. The molecule has 6 nitrogen and oxygen atoms in total. The zero-order valence-electron chi connectivity index (χ0n) is 15.6. The van der Waals surface area contributed by atoms with Gasteiger partial charge in [0.15, 0.2) is 6.10 Å². The van der Waals surface area contributed by atoms with Crippen molar-refractivity contribution in [2.75, 3.05) is 0 Å². The fourth-order valence-corrected chi connectivity index (χ4v) is 2.50. The number of rotatable bonds is 7. The Hall–Kier alpha value is -3.12. The molecule has 146 valence electrons. The topological polar surface area (TPSA) is 84.5 Å². The van der Waals surface area contributed by atoms with Gasteiger partial charge in [0.1, 0.15) is 5.70 Å². The highest BCUT2D eigenvalue weighted by Gasteiger charge is 2.21. The summed E-state index contributed by atoms with van der Waals surface area (Å²) in [7, 11) is 0. The molecule has 0 radical (unpaired) electrons. The van der Waals surface area contributed by atoms with Crippen LogP contribution in [0, 0.1) is 0 Å². The van der Waals surface area contributed by atoms with Crippen LogP contribution in [0.15, 0.2) is 60.3 Å². The van der Waals surface area contributed by atoms with E-state index < -0.39 is 23.9 Å². The Balaban J connectivity index is 2.01. The standard InChI is InChI=1S/C21H21ClN2O4/c1-14(20(26)23-13-17-10-6-7-11-18(17)22)28-21(27)19(24-15(2)25)12-16-8-4-3-5-9-16/h3-12,14H,13H2,1-2H3,(H,23,26)(H,24,25)/b19-12-/t14-/m0/s1. The molecule has 2 aromatic carbocycles. The van der Waals surface area contributed by atoms with Gasteiger partial charge in [0.05, 0.1) is 0 Å². The molecule has 0 aliphatic rings. The first-order chi connectivity index (χ1) is 13.4. The van der Waals surface area contributed by atoms with Gasteiger partial charge in [-0.3, -0.25) is 9.59 Å². The van der Waals surface area contributed by atoms with Gasteiger partial charge in [0, 0.05) is 18.5 Å². The van der Waals surface area contributed by atoms with Crippen molar-refractivity contribution in [2.24, 2.45) is 0 Å². The normalized spacial score (nSPS) is 12.0. The lowest BCUT2D eigenvalue weighted by Gasteiger charge is -2.15. The second-order valence-electron chi connectivity index (χ2n) is 6.01. The minimum atomic E-state index is -1.05. The van der Waals surface area contributed by atoms with Crippen LogP contribution in [0.3, 0.4) is 0 Å². The lowest BCUT2D eigenvalue weighted by molar-refractivity contribution is -0.151. The van der Waals surface area contributed by atoms with Crippen LogP contribution in [0.4, 0.5) is 0 Å². The number of halogens is 1. The van der Waals surface area contributed by atoms with Crippen LogP contribution in [0.5, 0.6) is 0 Å². The molecule has 0 spiro atoms. The van der Waals surface area contributed by atoms with E-state index in [1.165, 1.54) is 19.9 Å². The molecule has 0 fully saturated rings. The summed E-state index contributed by atoms with van der Waals surface area (Å²) >= 11 is 6.05. The Morgan fingerprint density at radius 3 is 2.36 bits per heavy atom. The number of nitrogens with one attached hydrogen (secondary N) is 2. The first-order valence-electron chi connectivity index (χ1n) is 8.63. The summed E-state index contributed by atoms with van der Waals surface area (Å²) in [6.45, 7) is 2.94. The monoisotopic (exact) mass is 400 g/mol. The summed E-state index contributed by atoms with van der Waals surface area (Å²) < 4.78 is 5.20. The van der Waals surface area contributed by atoms with Crippen molar-refractivity contribution in [2.45, 2.75) is 26.5 Å². The predicted molar refractivity (Wildman–Crippen MR) is 107 cm³/mol. The molecule has 0 aromatic heterocycles. The lowest BCUT2D eigenvalue weighted by Crippen LogP contribution is -2.37. The van der Waals surface area contributed by atoms with Crippen LogP contribution < -0.4 is 10.6 Å². The van der Waals surface area contributed by atoms with E-state index >= 15 is 0 Å². The molecular weight excluding hydrogens is 380 g/mol. The third-order valence-corrected chi connectivity index (χ3v) is 4.07. The Labute approximate surface area is 168 Å². The molecule has 7 heteroatoms. The summed E-state index contributed by atoms with van der Waals surface area (Å²) in [5, 5.41) is 5.64. The molecule has 0 bridgehead atoms. The van der Waals surface area contributed by atoms with E-state index in [9.17, 15) is 14.4 Å². The molecule has 0 aliphatic heterocycles. The molecule has 28 heavy (non-hydrogen) atoms. The number of carbonyl (C=O) groups excluding carboxylic acids is 3. The maximum Gasteiger partial charge on any atom is 0.355 e. The van der Waals surface area contributed by atoms with Gasteiger partial charge in [-0.1, -0.05) is 60.1 Å². The van der Waals surface area contributed by atoms with Gasteiger partial charge >= 0.3 is 5.97 Å². The highest BCUT2D eigenvalue weighted by Crippen LogP contribution is 2.14. The van der Waals surface area contributed by atoms with Gasteiger partial charge in [-0.15, -0.1) is 0 Å². The van der Waals surface area contributed by atoms with Crippen LogP contribution in [-0.2, 0) is 25.7 Å². The number of hydrogen-bond donors (Lipinski definition) is 2. The molecule has 2 amide bonds. The Kier molecular flexibility index (Phi) is 7.77. The number of benzene rings is 2. The summed E-state index contributed by atoms with van der Waals surface area (Å²) in [6.07, 6.45) is 0.431. The van der Waals surface area contributed by atoms with Crippen LogP contribution in [0.2, 0.25) is 5.02 Å². The molecule has 2 N–H and O–H groups in total. The molecule has 1 atom stereocenters. The van der Waals surface area contributed by atoms with E-state index in [2.05, 4.69) is 10.6 Å². The zero-order valence-corrected chi connectivity index (χ0v) is 16.3. The molecule has 2 aromatic rings. The van der Waals surface area contributed by atoms with Gasteiger partial charge in [0.25, 0.3) is 5.91 Å². The quantitative estimate of drug-likeness (QED) is 0.552. The van der Waals surface area contributed by atoms with Crippen molar-refractivity contribution in [3.8, 4) is 0 Å². The van der Waals surface area contributed by atoms with Crippen LogP contribution >= 0.6 is 11.6 Å². The van der Waals surface area contributed by atoms with E-state index in [4.69, 9.17) is 16.3 Å². The summed E-state index contributed by atoms with van der Waals surface area (Å²) in [4.78, 5) is 36.1. The van der Waals surface area contributed by atoms with Gasteiger partial charge in [-0.2, -0.15) is 0 Å². The van der Waals surface area contributed by atoms with Crippen molar-refractivity contribution < 1.29 is 19.1 Å². The summed E-state index contributed by atoms with van der Waals surface area (Å²) in [5.41, 5.74) is 1.41. The lowest BCUT2D eigenvalue weighted by atomic mass is 10.2. The number of hydrogen-bond acceptors (Lipinski definition) is 4. The van der Waals surface area contributed by atoms with Crippen molar-refractivity contribution in [1.82, 2.24) is 10.6 Å². The van der Waals surface area contributed by atoms with Crippen molar-refractivity contribution in [1.29, 1.82) is 0 Å². The first kappa shape index (κ1) is 21.2. The maximum absolute atomic E-state index is 12.4. The molecular formula is C21H21ClN2O4. The van der Waals surface area contributed by atoms with Crippen molar-refractivity contribution in [3.63, 3.8) is 0 Å². The molecule has 2 rings (SSSR count). The molecule has 0 heterocycles. The predicted octanol–water partition coefficient (Wildman–Crippen LogP) is 3.07. The van der Waals surface area contributed by atoms with E-state index in [1.54, 1.807) is 42.5 Å². The van der Waals surface area contributed by atoms with Gasteiger partial charge in [-0.25, -0.2) is 4.79 Å². The third kappa shape index (κ3) is 6.55. The molecule has 0 aliphatic carbocycles. The van der Waals surface area contributed by atoms with E-state index in [0.717, 1.165) is 5.56 Å². The summed E-state index contributed by atoms with van der Waals surface area (Å²) in [6, 6.07) is 16.1. The van der Waals surface area contributed by atoms with E-state index in [0.29, 0.717) is 10.6 Å². The van der Waals surface area contributed by atoms with E-state index in [-0.39, 0.29) is 12.2 Å². The van der Waals surface area contributed by atoms with Gasteiger partial charge < -0.3 is 15.4 Å². The smallest absolute Gasteiger partial charge is 0.355 e. The fraction of sp³-hybridized carbons (Fsp3) is 0.190. The minimum Gasteiger partial charge on any atom is -0.448 e. The molecule has 0 saturated heterocycles. The molecule has 0 unspecified atom stereocenters. The minimum absolute atomic E-state index is 0.0514. The Morgan fingerprint density at radius 1 is 1.07 bits per heavy atom. The number of amides is 2. The van der Waals surface area contributed by atoms with Crippen molar-refractivity contribution in [3.05, 3.63) is 76.4 Å². The second-order valence-corrected chi connectivity index (χ2v) is 6.41. The van der Waals surface area contributed by atoms with Gasteiger partial charge in [-0.05, 0) is 30.2 Å². The van der Waals surface area contributed by atoms with Gasteiger partial charge in [0.2, 0.25) is 5.91 Å². The number of carbonyl (C=O) groups is 3. The average Bonchev–Trinajstić information content (AvgIpc) is 2.67. The van der Waals surface area contributed by atoms with E-state index in [1.807, 2.05) is 12.1 Å². The average molecular weight is 401 g/mol. The third-order valence-electron chi connectivity index (χ3n) is 3.71. The Morgan fingerprint density at radius 2 is 1.71 bits per heavy atom. The largest absolute Gasteiger partial charge is 0.448 e. The second kappa shape index (κ2) is 10.3. The van der Waals surface area contributed by atoms with Crippen LogP contribution in [0.1, 0.15) is 25.0 Å². The fourth-order valence-electron chi connectivity index (χ4n) is 2.30. The number of ether oxygens (including phenoxy) is 1. The highest BCUT2D eigenvalue weighted by molar-refractivity contribution is 6.31. The van der Waals surface area contributed by atoms with Crippen molar-refractivity contribution >= 4 is 35.5 Å². The maximum atomic E-state index is 12.4. The highest BCUT2D eigenvalue weighted by atomic mass is 35.5. The summed E-state index contributed by atoms with van der Waals surface area (Å²) in [5.74, 6) is -1.70. The molecule has 0 saturated carbocycles. The van der Waals surface area contributed by atoms with Crippen LogP contribution in [-0.4, -0.2) is 23.9 Å². The number of esters is 1. The van der Waals surface area contributed by atoms with Crippen LogP contribution in [0.25, 0.3) is 6.08 Å². The first-order valence-corrected chi connectivity index (χ1v) is 9.01. The SMILES string of the molecule is CC(=O)N/C(=C\c1ccccc1)C(=O)O[C@@H](C)C(=O)NCc1ccccc1Cl.